The number of β-lactam (4-membered cyclic amide) rings is 1. The molecule has 100 valence electrons. The highest BCUT2D eigenvalue weighted by Crippen LogP contribution is 2.29. The molecule has 1 aliphatic rings. The highest BCUT2D eigenvalue weighted by Gasteiger charge is 2.53. The van der Waals surface area contributed by atoms with Gasteiger partial charge < -0.3 is 19.8 Å². The fraction of sp³-hybridized carbons (Fsp3) is 0.778. The van der Waals surface area contributed by atoms with Crippen LogP contribution in [0, 0.1) is 0 Å². The number of likely N-dealkylation sites (tertiary alicyclic amines) is 1. The highest BCUT2D eigenvalue weighted by atomic mass is 16.5. The van der Waals surface area contributed by atoms with E-state index >= 15 is 0 Å². The SMILES string of the molecule is COC(=O)[C@H](C)N1C(=O)[C@H](N=[N+]=[N-])[C@@H]1[C@H](O)CO. The lowest BCUT2D eigenvalue weighted by atomic mass is 9.89. The minimum Gasteiger partial charge on any atom is -0.467 e. The van der Waals surface area contributed by atoms with E-state index in [1.807, 2.05) is 0 Å². The molecule has 1 rings (SSSR count). The maximum Gasteiger partial charge on any atom is 0.328 e. The number of rotatable bonds is 5. The molecule has 0 aromatic carbocycles. The summed E-state index contributed by atoms with van der Waals surface area (Å²) in [5.41, 5.74) is 8.32. The summed E-state index contributed by atoms with van der Waals surface area (Å²) in [6, 6.07) is -2.95. The molecule has 18 heavy (non-hydrogen) atoms. The molecule has 1 heterocycles. The summed E-state index contributed by atoms with van der Waals surface area (Å²) >= 11 is 0. The highest BCUT2D eigenvalue weighted by molar-refractivity contribution is 5.93. The van der Waals surface area contributed by atoms with Gasteiger partial charge in [-0.3, -0.25) is 4.79 Å². The molecule has 0 bridgehead atoms. The van der Waals surface area contributed by atoms with Gasteiger partial charge in [0, 0.05) is 4.91 Å². The van der Waals surface area contributed by atoms with Gasteiger partial charge in [-0.2, -0.15) is 0 Å². The second kappa shape index (κ2) is 5.67. The van der Waals surface area contributed by atoms with E-state index in [2.05, 4.69) is 14.8 Å². The first-order valence-corrected chi connectivity index (χ1v) is 5.22. The van der Waals surface area contributed by atoms with Crippen molar-refractivity contribution in [2.24, 2.45) is 5.11 Å². The third kappa shape index (κ3) is 2.23. The van der Waals surface area contributed by atoms with Gasteiger partial charge in [0.1, 0.15) is 12.1 Å². The fourth-order valence-corrected chi connectivity index (χ4v) is 1.93. The third-order valence-electron chi connectivity index (χ3n) is 2.87. The van der Waals surface area contributed by atoms with Crippen LogP contribution in [0.25, 0.3) is 10.4 Å². The number of carbonyl (C=O) groups is 2. The molecule has 0 aliphatic carbocycles. The molecule has 0 aromatic heterocycles. The van der Waals surface area contributed by atoms with Crippen LogP contribution < -0.4 is 0 Å². The van der Waals surface area contributed by atoms with Gasteiger partial charge in [0.15, 0.2) is 0 Å². The molecule has 0 spiro atoms. The molecule has 0 radical (unpaired) electrons. The van der Waals surface area contributed by atoms with Gasteiger partial charge in [-0.15, -0.1) is 0 Å². The van der Waals surface area contributed by atoms with Crippen molar-refractivity contribution in [3.05, 3.63) is 10.4 Å². The van der Waals surface area contributed by atoms with E-state index < -0.39 is 42.7 Å². The van der Waals surface area contributed by atoms with E-state index in [0.717, 1.165) is 4.90 Å². The van der Waals surface area contributed by atoms with Crippen LogP contribution in [-0.4, -0.2) is 64.9 Å². The molecule has 1 saturated heterocycles. The summed E-state index contributed by atoms with van der Waals surface area (Å²) in [6.45, 7) is 0.812. The molecule has 1 amide bonds. The Hall–Kier alpha value is -1.83. The number of hydrogen-bond donors (Lipinski definition) is 2. The van der Waals surface area contributed by atoms with Crippen molar-refractivity contribution in [1.29, 1.82) is 0 Å². The number of aliphatic hydroxyl groups excluding tert-OH is 2. The lowest BCUT2D eigenvalue weighted by Gasteiger charge is -2.49. The first-order valence-electron chi connectivity index (χ1n) is 5.22. The maximum atomic E-state index is 11.7. The zero-order chi connectivity index (χ0) is 13.9. The van der Waals surface area contributed by atoms with Gasteiger partial charge in [0.05, 0.1) is 25.9 Å². The Morgan fingerprint density at radius 1 is 1.72 bits per heavy atom. The van der Waals surface area contributed by atoms with E-state index in [-0.39, 0.29) is 0 Å². The summed E-state index contributed by atoms with van der Waals surface area (Å²) in [6.07, 6.45) is -1.29. The number of aliphatic hydroxyl groups is 2. The standard InChI is InChI=1S/C9H14N4O5/c1-4(9(17)18-2)13-7(5(15)3-14)6(8(13)16)11-12-10/h4-7,14-15H,3H2,1-2H3/t4-,5+,6+,7-/m0/s1. The van der Waals surface area contributed by atoms with Crippen molar-refractivity contribution in [2.75, 3.05) is 13.7 Å². The van der Waals surface area contributed by atoms with Crippen LogP contribution in [-0.2, 0) is 14.3 Å². The maximum absolute atomic E-state index is 11.7. The van der Waals surface area contributed by atoms with Crippen LogP contribution >= 0.6 is 0 Å². The van der Waals surface area contributed by atoms with E-state index in [1.54, 1.807) is 0 Å². The van der Waals surface area contributed by atoms with Crippen molar-refractivity contribution in [3.8, 4) is 0 Å². The van der Waals surface area contributed by atoms with Crippen LogP contribution in [0.5, 0.6) is 0 Å². The van der Waals surface area contributed by atoms with Crippen molar-refractivity contribution < 1.29 is 24.5 Å². The summed E-state index contributed by atoms with van der Waals surface area (Å²) in [7, 11) is 1.17. The number of amides is 1. The van der Waals surface area contributed by atoms with Gasteiger partial charge in [0.2, 0.25) is 5.91 Å². The summed E-state index contributed by atoms with van der Waals surface area (Å²) in [5, 5.41) is 21.7. The van der Waals surface area contributed by atoms with Crippen LogP contribution in [0.4, 0.5) is 0 Å². The van der Waals surface area contributed by atoms with Crippen LogP contribution in [0.1, 0.15) is 6.92 Å². The number of ether oxygens (including phenoxy) is 1. The minimum atomic E-state index is -1.29. The van der Waals surface area contributed by atoms with E-state index in [1.165, 1.54) is 14.0 Å². The Morgan fingerprint density at radius 2 is 2.33 bits per heavy atom. The predicted octanol–water partition coefficient (Wildman–Crippen LogP) is -1.21. The number of azide groups is 1. The predicted molar refractivity (Wildman–Crippen MR) is 58.1 cm³/mol. The van der Waals surface area contributed by atoms with Crippen molar-refractivity contribution >= 4 is 11.9 Å². The first kappa shape index (κ1) is 14.2. The molecule has 2 N–H and O–H groups in total. The first-order chi connectivity index (χ1) is 8.49. The molecular formula is C9H14N4O5. The molecule has 9 nitrogen and oxygen atoms in total. The molecule has 0 unspecified atom stereocenters. The summed E-state index contributed by atoms with van der Waals surface area (Å²) in [5.74, 6) is -1.24. The average Bonchev–Trinajstić information content (AvgIpc) is 2.39. The Morgan fingerprint density at radius 3 is 2.78 bits per heavy atom. The minimum absolute atomic E-state index is 0.580. The zero-order valence-corrected chi connectivity index (χ0v) is 9.92. The molecule has 0 saturated carbocycles. The van der Waals surface area contributed by atoms with Crippen molar-refractivity contribution in [1.82, 2.24) is 4.90 Å². The lowest BCUT2D eigenvalue weighted by molar-refractivity contribution is -0.171. The van der Waals surface area contributed by atoms with E-state index in [0.29, 0.717) is 0 Å². The quantitative estimate of drug-likeness (QED) is 0.210. The van der Waals surface area contributed by atoms with Crippen LogP contribution in [0.2, 0.25) is 0 Å². The smallest absolute Gasteiger partial charge is 0.328 e. The van der Waals surface area contributed by atoms with E-state index in [4.69, 9.17) is 10.6 Å². The van der Waals surface area contributed by atoms with Gasteiger partial charge in [-0.1, -0.05) is 5.11 Å². The number of hydrogen-bond acceptors (Lipinski definition) is 6. The molecular weight excluding hydrogens is 244 g/mol. The fourth-order valence-electron chi connectivity index (χ4n) is 1.93. The van der Waals surface area contributed by atoms with Crippen LogP contribution in [0.15, 0.2) is 5.11 Å². The molecule has 0 aromatic rings. The summed E-state index contributed by atoms with van der Waals surface area (Å²) in [4.78, 5) is 26.6. The Bertz CT molecular complexity index is 394. The lowest BCUT2D eigenvalue weighted by Crippen LogP contribution is -2.72. The van der Waals surface area contributed by atoms with Crippen LogP contribution in [0.3, 0.4) is 0 Å². The monoisotopic (exact) mass is 258 g/mol. The molecule has 1 fully saturated rings. The molecule has 4 atom stereocenters. The van der Waals surface area contributed by atoms with Gasteiger partial charge >= 0.3 is 5.97 Å². The topological polar surface area (TPSA) is 136 Å². The number of methoxy groups -OCH3 is 1. The largest absolute Gasteiger partial charge is 0.467 e. The Labute approximate surface area is 103 Å². The molecule has 1 aliphatic heterocycles. The van der Waals surface area contributed by atoms with Gasteiger partial charge in [-0.05, 0) is 12.5 Å². The third-order valence-corrected chi connectivity index (χ3v) is 2.87. The molecule has 9 heteroatoms. The Kier molecular flexibility index (Phi) is 4.49. The zero-order valence-electron chi connectivity index (χ0n) is 9.92. The Balaban J connectivity index is 2.94. The van der Waals surface area contributed by atoms with Gasteiger partial charge in [-0.25, -0.2) is 4.79 Å². The van der Waals surface area contributed by atoms with E-state index in [9.17, 15) is 14.7 Å². The van der Waals surface area contributed by atoms with Crippen molar-refractivity contribution in [2.45, 2.75) is 31.2 Å². The number of nitrogens with zero attached hydrogens (tertiary/aromatic N) is 4. The average molecular weight is 258 g/mol. The second-order valence-corrected chi connectivity index (χ2v) is 3.83. The number of carbonyl (C=O) groups excluding carboxylic acids is 2. The normalized spacial score (nSPS) is 25.8. The number of esters is 1. The van der Waals surface area contributed by atoms with Crippen molar-refractivity contribution in [3.63, 3.8) is 0 Å². The van der Waals surface area contributed by atoms with Gasteiger partial charge in [0.25, 0.3) is 0 Å². The summed E-state index contributed by atoms with van der Waals surface area (Å²) < 4.78 is 4.49. The second-order valence-electron chi connectivity index (χ2n) is 3.83.